The highest BCUT2D eigenvalue weighted by molar-refractivity contribution is 5.82. The predicted octanol–water partition coefficient (Wildman–Crippen LogP) is 3.73. The van der Waals surface area contributed by atoms with Crippen LogP contribution in [0, 0.1) is 0 Å². The maximum Gasteiger partial charge on any atom is 0.110 e. The normalized spacial score (nSPS) is 11.1. The van der Waals surface area contributed by atoms with Crippen molar-refractivity contribution in [1.29, 1.82) is 0 Å². The van der Waals surface area contributed by atoms with E-state index in [1.807, 2.05) is 18.2 Å². The Hall–Kier alpha value is -2.36. The molecule has 0 fully saturated rings. The van der Waals surface area contributed by atoms with Gasteiger partial charge in [-0.3, -0.25) is 0 Å². The van der Waals surface area contributed by atoms with E-state index in [0.717, 1.165) is 36.5 Å². The Morgan fingerprint density at radius 2 is 2.10 bits per heavy atom. The number of rotatable bonds is 7. The van der Waals surface area contributed by atoms with Gasteiger partial charge in [0.15, 0.2) is 0 Å². The zero-order valence-corrected chi connectivity index (χ0v) is 12.4. The van der Waals surface area contributed by atoms with Crippen LogP contribution in [-0.4, -0.2) is 21.0 Å². The summed E-state index contributed by atoms with van der Waals surface area (Å²) in [7, 11) is 0. The zero-order valence-electron chi connectivity index (χ0n) is 12.4. The molecule has 0 aliphatic rings. The molecule has 0 bridgehead atoms. The van der Waals surface area contributed by atoms with Crippen LogP contribution in [0.2, 0.25) is 0 Å². The highest BCUT2D eigenvalue weighted by Gasteiger charge is 2.14. The molecule has 4 heteroatoms. The van der Waals surface area contributed by atoms with Crippen LogP contribution in [0.25, 0.3) is 6.08 Å². The predicted molar refractivity (Wildman–Crippen MR) is 85.9 cm³/mol. The molecule has 0 radical (unpaired) electrons. The van der Waals surface area contributed by atoms with Gasteiger partial charge in [0.2, 0.25) is 0 Å². The first-order valence-electron chi connectivity index (χ1n) is 7.23. The quantitative estimate of drug-likeness (QED) is 0.478. The second-order valence-corrected chi connectivity index (χ2v) is 4.92. The fourth-order valence-electron chi connectivity index (χ4n) is 2.34. The van der Waals surface area contributed by atoms with Gasteiger partial charge in [-0.05, 0) is 18.1 Å². The lowest BCUT2D eigenvalue weighted by atomic mass is 10.2. The monoisotopic (exact) mass is 283 g/mol. The van der Waals surface area contributed by atoms with Gasteiger partial charge in [0.25, 0.3) is 0 Å². The Balaban J connectivity index is 2.43. The Labute approximate surface area is 125 Å². The summed E-state index contributed by atoms with van der Waals surface area (Å²) in [5.74, 6) is 1.01. The summed E-state index contributed by atoms with van der Waals surface area (Å²) in [5, 5.41) is 12.1. The van der Waals surface area contributed by atoms with Gasteiger partial charge in [0.05, 0.1) is 17.6 Å². The van der Waals surface area contributed by atoms with Crippen molar-refractivity contribution in [3.05, 3.63) is 59.7 Å². The van der Waals surface area contributed by atoms with Crippen molar-refractivity contribution >= 4 is 12.3 Å². The third-order valence-electron chi connectivity index (χ3n) is 3.43. The van der Waals surface area contributed by atoms with Crippen molar-refractivity contribution in [3.8, 4) is 0 Å². The van der Waals surface area contributed by atoms with E-state index in [-0.39, 0.29) is 0 Å². The van der Waals surface area contributed by atoms with E-state index in [2.05, 4.69) is 40.3 Å². The van der Waals surface area contributed by atoms with Gasteiger partial charge in [-0.25, -0.2) is 4.98 Å². The van der Waals surface area contributed by atoms with E-state index < -0.39 is 0 Å². The van der Waals surface area contributed by atoms with Crippen molar-refractivity contribution in [2.75, 3.05) is 0 Å². The molecule has 0 aliphatic carbocycles. The van der Waals surface area contributed by atoms with E-state index in [9.17, 15) is 0 Å². The van der Waals surface area contributed by atoms with E-state index in [0.29, 0.717) is 6.54 Å². The summed E-state index contributed by atoms with van der Waals surface area (Å²) in [4.78, 5) is 4.62. The Bertz CT molecular complexity index is 614. The minimum atomic E-state index is 0.710. The van der Waals surface area contributed by atoms with Crippen LogP contribution in [0.15, 0.2) is 42.1 Å². The van der Waals surface area contributed by atoms with E-state index >= 15 is 0 Å². The summed E-state index contributed by atoms with van der Waals surface area (Å²) >= 11 is 0. The van der Waals surface area contributed by atoms with E-state index in [1.165, 1.54) is 11.8 Å². The standard InChI is InChI=1S/C17H21N3O/c1-3-5-11-17-19-15(4-2)16(12-18-21)20(17)13-14-9-7-6-8-10-14/h4,6-10,12,21H,2-3,5,11,13H2,1H3/b18-12+. The lowest BCUT2D eigenvalue weighted by molar-refractivity contribution is 0.321. The van der Waals surface area contributed by atoms with Crippen LogP contribution < -0.4 is 0 Å². The van der Waals surface area contributed by atoms with Gasteiger partial charge in [-0.1, -0.05) is 55.4 Å². The van der Waals surface area contributed by atoms with E-state index in [4.69, 9.17) is 5.21 Å². The molecule has 1 N–H and O–H groups in total. The fraction of sp³-hybridized carbons (Fsp3) is 0.294. The van der Waals surface area contributed by atoms with Crippen LogP contribution >= 0.6 is 0 Å². The maximum atomic E-state index is 8.91. The highest BCUT2D eigenvalue weighted by atomic mass is 16.4. The lowest BCUT2D eigenvalue weighted by Gasteiger charge is -2.10. The number of aryl methyl sites for hydroxylation is 1. The first kappa shape index (κ1) is 15.0. The number of aromatic nitrogens is 2. The minimum Gasteiger partial charge on any atom is -0.411 e. The molecule has 110 valence electrons. The largest absolute Gasteiger partial charge is 0.411 e. The van der Waals surface area contributed by atoms with Crippen molar-refractivity contribution in [3.63, 3.8) is 0 Å². The van der Waals surface area contributed by atoms with Gasteiger partial charge < -0.3 is 9.77 Å². The molecule has 21 heavy (non-hydrogen) atoms. The van der Waals surface area contributed by atoms with Gasteiger partial charge in [0, 0.05) is 13.0 Å². The molecule has 0 spiro atoms. The molecule has 1 heterocycles. The number of hydrogen-bond acceptors (Lipinski definition) is 3. The number of nitrogens with zero attached hydrogens (tertiary/aromatic N) is 3. The first-order chi connectivity index (χ1) is 10.3. The minimum absolute atomic E-state index is 0.710. The zero-order chi connectivity index (χ0) is 15.1. The molecular weight excluding hydrogens is 262 g/mol. The SMILES string of the molecule is C=Cc1nc(CCCC)n(Cc2ccccc2)c1/C=N/O. The van der Waals surface area contributed by atoms with Crippen LogP contribution in [0.5, 0.6) is 0 Å². The average Bonchev–Trinajstić information content (AvgIpc) is 2.84. The molecular formula is C17H21N3O. The molecule has 4 nitrogen and oxygen atoms in total. The molecule has 0 atom stereocenters. The molecule has 0 aliphatic heterocycles. The Morgan fingerprint density at radius 3 is 2.71 bits per heavy atom. The Morgan fingerprint density at radius 1 is 1.33 bits per heavy atom. The number of oxime groups is 1. The van der Waals surface area contributed by atoms with Crippen LogP contribution in [-0.2, 0) is 13.0 Å². The second-order valence-electron chi connectivity index (χ2n) is 4.92. The highest BCUT2D eigenvalue weighted by Crippen LogP contribution is 2.16. The summed E-state index contributed by atoms with van der Waals surface area (Å²) < 4.78 is 2.10. The van der Waals surface area contributed by atoms with Gasteiger partial charge in [-0.2, -0.15) is 0 Å². The van der Waals surface area contributed by atoms with Crippen molar-refractivity contribution < 1.29 is 5.21 Å². The summed E-state index contributed by atoms with van der Waals surface area (Å²) in [6, 6.07) is 10.2. The number of imidazole rings is 1. The van der Waals surface area contributed by atoms with Crippen LogP contribution in [0.3, 0.4) is 0 Å². The fourth-order valence-corrected chi connectivity index (χ4v) is 2.34. The second kappa shape index (κ2) is 7.43. The van der Waals surface area contributed by atoms with Gasteiger partial charge >= 0.3 is 0 Å². The third kappa shape index (κ3) is 3.60. The topological polar surface area (TPSA) is 50.4 Å². The third-order valence-corrected chi connectivity index (χ3v) is 3.43. The number of benzene rings is 1. The van der Waals surface area contributed by atoms with Crippen molar-refractivity contribution in [1.82, 2.24) is 9.55 Å². The van der Waals surface area contributed by atoms with Crippen LogP contribution in [0.4, 0.5) is 0 Å². The lowest BCUT2D eigenvalue weighted by Crippen LogP contribution is -2.09. The molecule has 0 amide bonds. The molecule has 1 aromatic carbocycles. The van der Waals surface area contributed by atoms with Crippen molar-refractivity contribution in [2.24, 2.45) is 5.16 Å². The number of hydrogen-bond donors (Lipinski definition) is 1. The molecule has 2 aromatic rings. The number of unbranched alkanes of at least 4 members (excludes halogenated alkanes) is 1. The Kier molecular flexibility index (Phi) is 5.32. The molecule has 0 saturated carbocycles. The smallest absolute Gasteiger partial charge is 0.110 e. The van der Waals surface area contributed by atoms with Gasteiger partial charge in [-0.15, -0.1) is 0 Å². The maximum absolute atomic E-state index is 8.91. The van der Waals surface area contributed by atoms with Crippen molar-refractivity contribution in [2.45, 2.75) is 32.7 Å². The summed E-state index contributed by atoms with van der Waals surface area (Å²) in [6.45, 7) is 6.67. The van der Waals surface area contributed by atoms with Crippen LogP contribution in [0.1, 0.15) is 42.5 Å². The average molecular weight is 283 g/mol. The first-order valence-corrected chi connectivity index (χ1v) is 7.23. The molecule has 0 unspecified atom stereocenters. The van der Waals surface area contributed by atoms with E-state index in [1.54, 1.807) is 6.08 Å². The summed E-state index contributed by atoms with van der Waals surface area (Å²) in [6.07, 6.45) is 6.24. The van der Waals surface area contributed by atoms with Gasteiger partial charge in [0.1, 0.15) is 5.82 Å². The summed E-state index contributed by atoms with van der Waals surface area (Å²) in [5.41, 5.74) is 2.74. The molecule has 2 rings (SSSR count). The molecule has 1 aromatic heterocycles. The molecule has 0 saturated heterocycles.